The van der Waals surface area contributed by atoms with Gasteiger partial charge in [0.2, 0.25) is 0 Å². The van der Waals surface area contributed by atoms with E-state index in [0.29, 0.717) is 5.56 Å². The largest absolute Gasteiger partial charge is 0.481 e. The average molecular weight is 336 g/mol. The molecular weight excluding hydrogens is 315 g/mol. The van der Waals surface area contributed by atoms with Crippen molar-refractivity contribution in [2.45, 2.75) is 45.4 Å². The molecule has 2 N–H and O–H groups in total. The number of ketones is 1. The highest BCUT2D eigenvalue weighted by Gasteiger charge is 2.67. The molecule has 1 fully saturated rings. The molecule has 2 rings (SSSR count). The lowest BCUT2D eigenvalue weighted by atomic mass is 9.47. The van der Waals surface area contributed by atoms with Crippen molar-refractivity contribution in [1.29, 1.82) is 0 Å². The number of carboxylic acid groups (broad SMARTS) is 2. The molecule has 0 bridgehead atoms. The molecule has 1 aliphatic carbocycles. The third kappa shape index (κ3) is 2.32. The van der Waals surface area contributed by atoms with Crippen LogP contribution in [0.25, 0.3) is 0 Å². The van der Waals surface area contributed by atoms with E-state index < -0.39 is 34.5 Å². The lowest BCUT2D eigenvalue weighted by Crippen LogP contribution is -2.59. The predicted molar refractivity (Wildman–Crippen MR) is 84.1 cm³/mol. The molecule has 0 saturated heterocycles. The summed E-state index contributed by atoms with van der Waals surface area (Å²) < 4.78 is 13.2. The Hall–Kier alpha value is -2.24. The Balaban J connectivity index is 2.77. The zero-order chi connectivity index (χ0) is 18.1. The van der Waals surface area contributed by atoms with Crippen LogP contribution in [0.5, 0.6) is 0 Å². The SMILES string of the molecule is CC[C@]1(C(=O)O)CCC(=O)[C@H](c2ccc(F)cc2)[C@]1(CC)C(=O)O. The van der Waals surface area contributed by atoms with Crippen LogP contribution in [-0.4, -0.2) is 27.9 Å². The average Bonchev–Trinajstić information content (AvgIpc) is 2.55. The van der Waals surface area contributed by atoms with Crippen LogP contribution < -0.4 is 0 Å². The summed E-state index contributed by atoms with van der Waals surface area (Å²) in [6.07, 6.45) is 0.0937. The van der Waals surface area contributed by atoms with E-state index in [4.69, 9.17) is 0 Å². The summed E-state index contributed by atoms with van der Waals surface area (Å²) in [5, 5.41) is 19.9. The molecule has 24 heavy (non-hydrogen) atoms. The molecule has 0 aliphatic heterocycles. The third-order valence-electron chi connectivity index (χ3n) is 5.62. The first-order valence-corrected chi connectivity index (χ1v) is 8.01. The van der Waals surface area contributed by atoms with Crippen molar-refractivity contribution in [3.8, 4) is 0 Å². The van der Waals surface area contributed by atoms with Crippen molar-refractivity contribution < 1.29 is 29.0 Å². The van der Waals surface area contributed by atoms with E-state index in [0.717, 1.165) is 12.1 Å². The molecular formula is C18H21FO5. The van der Waals surface area contributed by atoms with Crippen LogP contribution in [0.3, 0.4) is 0 Å². The smallest absolute Gasteiger partial charge is 0.311 e. The van der Waals surface area contributed by atoms with Crippen molar-refractivity contribution in [3.63, 3.8) is 0 Å². The predicted octanol–water partition coefficient (Wildman–Crippen LogP) is 3.23. The van der Waals surface area contributed by atoms with Crippen LogP contribution in [0.15, 0.2) is 24.3 Å². The maximum absolute atomic E-state index is 13.2. The van der Waals surface area contributed by atoms with Crippen molar-refractivity contribution in [2.75, 3.05) is 0 Å². The lowest BCUT2D eigenvalue weighted by molar-refractivity contribution is -0.185. The minimum absolute atomic E-state index is 0.00276. The number of benzene rings is 1. The second-order valence-corrected chi connectivity index (χ2v) is 6.32. The molecule has 130 valence electrons. The lowest BCUT2D eigenvalue weighted by Gasteiger charge is -2.51. The minimum Gasteiger partial charge on any atom is -0.481 e. The zero-order valence-corrected chi connectivity index (χ0v) is 13.7. The van der Waals surface area contributed by atoms with E-state index in [1.54, 1.807) is 13.8 Å². The highest BCUT2D eigenvalue weighted by molar-refractivity contribution is 5.99. The first-order chi connectivity index (χ1) is 11.3. The van der Waals surface area contributed by atoms with Gasteiger partial charge in [-0.05, 0) is 37.0 Å². The molecule has 1 saturated carbocycles. The highest BCUT2D eigenvalue weighted by Crippen LogP contribution is 2.60. The summed E-state index contributed by atoms with van der Waals surface area (Å²) >= 11 is 0. The first kappa shape index (κ1) is 18.1. The van der Waals surface area contributed by atoms with Crippen LogP contribution in [0.4, 0.5) is 4.39 Å². The molecule has 1 aliphatic rings. The highest BCUT2D eigenvalue weighted by atomic mass is 19.1. The van der Waals surface area contributed by atoms with Gasteiger partial charge in [-0.3, -0.25) is 14.4 Å². The standard InChI is InChI=1S/C18H21FO5/c1-3-17(15(21)22)10-9-13(20)14(18(17,4-2)16(23)24)11-5-7-12(19)8-6-11/h5-8,14H,3-4,9-10H2,1-2H3,(H,21,22)(H,23,24)/t14-,17+,18+/m0/s1. The number of halogens is 1. The number of hydrogen-bond donors (Lipinski definition) is 2. The van der Waals surface area contributed by atoms with Crippen molar-refractivity contribution in [1.82, 2.24) is 0 Å². The molecule has 0 heterocycles. The zero-order valence-electron chi connectivity index (χ0n) is 13.7. The monoisotopic (exact) mass is 336 g/mol. The number of rotatable bonds is 5. The van der Waals surface area contributed by atoms with Crippen molar-refractivity contribution in [2.24, 2.45) is 10.8 Å². The van der Waals surface area contributed by atoms with Gasteiger partial charge in [0.25, 0.3) is 0 Å². The Kier molecular flexibility index (Phi) is 4.78. The van der Waals surface area contributed by atoms with Crippen molar-refractivity contribution in [3.05, 3.63) is 35.6 Å². The number of carboxylic acids is 2. The fraction of sp³-hybridized carbons (Fsp3) is 0.500. The quantitative estimate of drug-likeness (QED) is 0.861. The summed E-state index contributed by atoms with van der Waals surface area (Å²) in [6, 6.07) is 5.07. The Bertz CT molecular complexity index is 668. The van der Waals surface area contributed by atoms with Crippen LogP contribution in [0.1, 0.15) is 51.0 Å². The summed E-state index contributed by atoms with van der Waals surface area (Å²) in [4.78, 5) is 37.0. The van der Waals surface area contributed by atoms with Gasteiger partial charge in [-0.15, -0.1) is 0 Å². The fourth-order valence-electron chi connectivity index (χ4n) is 4.34. The van der Waals surface area contributed by atoms with Crippen LogP contribution >= 0.6 is 0 Å². The van der Waals surface area contributed by atoms with E-state index >= 15 is 0 Å². The number of carbonyl (C=O) groups is 3. The summed E-state index contributed by atoms with van der Waals surface area (Å²) in [7, 11) is 0. The number of carbonyl (C=O) groups excluding carboxylic acids is 1. The van der Waals surface area contributed by atoms with Gasteiger partial charge in [-0.1, -0.05) is 26.0 Å². The van der Waals surface area contributed by atoms with Crippen LogP contribution in [-0.2, 0) is 14.4 Å². The van der Waals surface area contributed by atoms with Gasteiger partial charge in [0.1, 0.15) is 11.6 Å². The normalized spacial score (nSPS) is 30.1. The van der Waals surface area contributed by atoms with Gasteiger partial charge in [0.05, 0.1) is 16.7 Å². The topological polar surface area (TPSA) is 91.7 Å². The summed E-state index contributed by atoms with van der Waals surface area (Å²) in [5.41, 5.74) is -2.95. The summed E-state index contributed by atoms with van der Waals surface area (Å²) in [5.74, 6) is -4.41. The second kappa shape index (κ2) is 6.34. The Morgan fingerprint density at radius 1 is 1.12 bits per heavy atom. The van der Waals surface area contributed by atoms with Gasteiger partial charge >= 0.3 is 11.9 Å². The van der Waals surface area contributed by atoms with Gasteiger partial charge < -0.3 is 10.2 Å². The molecule has 0 aromatic heterocycles. The molecule has 1 aromatic rings. The number of aliphatic carboxylic acids is 2. The van der Waals surface area contributed by atoms with Crippen molar-refractivity contribution >= 4 is 17.7 Å². The van der Waals surface area contributed by atoms with E-state index in [1.807, 2.05) is 0 Å². The van der Waals surface area contributed by atoms with E-state index in [1.165, 1.54) is 12.1 Å². The molecule has 3 atom stereocenters. The van der Waals surface area contributed by atoms with Crippen LogP contribution in [0.2, 0.25) is 0 Å². The Morgan fingerprint density at radius 3 is 2.12 bits per heavy atom. The van der Waals surface area contributed by atoms with E-state index in [9.17, 15) is 29.0 Å². The van der Waals surface area contributed by atoms with Gasteiger partial charge in [0.15, 0.2) is 0 Å². The summed E-state index contributed by atoms with van der Waals surface area (Å²) in [6.45, 7) is 3.23. The molecule has 5 nitrogen and oxygen atoms in total. The fourth-order valence-corrected chi connectivity index (χ4v) is 4.34. The molecule has 0 unspecified atom stereocenters. The van der Waals surface area contributed by atoms with Gasteiger partial charge in [-0.2, -0.15) is 0 Å². The Morgan fingerprint density at radius 2 is 1.71 bits per heavy atom. The second-order valence-electron chi connectivity index (χ2n) is 6.32. The number of hydrogen-bond acceptors (Lipinski definition) is 3. The molecule has 6 heteroatoms. The minimum atomic E-state index is -1.76. The van der Waals surface area contributed by atoms with Gasteiger partial charge in [0, 0.05) is 6.42 Å². The maximum atomic E-state index is 13.2. The van der Waals surface area contributed by atoms with E-state index in [2.05, 4.69) is 0 Å². The molecule has 0 amide bonds. The number of Topliss-reactive ketones (excluding diaryl/α,β-unsaturated/α-hetero) is 1. The Labute approximate surface area is 139 Å². The molecule has 0 radical (unpaired) electrons. The van der Waals surface area contributed by atoms with Crippen LogP contribution in [0, 0.1) is 16.6 Å². The maximum Gasteiger partial charge on any atom is 0.311 e. The van der Waals surface area contributed by atoms with Gasteiger partial charge in [-0.25, -0.2) is 4.39 Å². The first-order valence-electron chi connectivity index (χ1n) is 8.01. The van der Waals surface area contributed by atoms with E-state index in [-0.39, 0.29) is 31.5 Å². The third-order valence-corrected chi connectivity index (χ3v) is 5.62. The molecule has 0 spiro atoms. The molecule has 1 aromatic carbocycles.